The van der Waals surface area contributed by atoms with Crippen LogP contribution in [0.1, 0.15) is 26.7 Å². The summed E-state index contributed by atoms with van der Waals surface area (Å²) < 4.78 is 22.7. The molecule has 0 saturated carbocycles. The van der Waals surface area contributed by atoms with Crippen molar-refractivity contribution in [3.8, 4) is 0 Å². The minimum atomic E-state index is -3.72. The number of amides is 1. The number of nitrogens with zero attached hydrogens (tertiary/aromatic N) is 1. The summed E-state index contributed by atoms with van der Waals surface area (Å²) in [7, 11) is -3.72. The minimum Gasteiger partial charge on any atom is -0.352 e. The first-order valence-corrected chi connectivity index (χ1v) is 12.5. The van der Waals surface area contributed by atoms with E-state index >= 15 is 0 Å². The number of rotatable bonds is 7. The number of hydrogen-bond donors (Lipinski definition) is 2. The van der Waals surface area contributed by atoms with E-state index in [4.69, 9.17) is 5.14 Å². The van der Waals surface area contributed by atoms with E-state index in [0.717, 1.165) is 27.6 Å². The average Bonchev–Trinajstić information content (AvgIpc) is 3.10. The molecular formula is C24H23N3O3S2. The van der Waals surface area contributed by atoms with Crippen LogP contribution in [0.5, 0.6) is 0 Å². The summed E-state index contributed by atoms with van der Waals surface area (Å²) in [5.41, 5.74) is 2.89. The molecule has 1 amide bonds. The molecule has 1 heterocycles. The van der Waals surface area contributed by atoms with E-state index in [0.29, 0.717) is 6.54 Å². The van der Waals surface area contributed by atoms with Crippen LogP contribution in [0, 0.1) is 6.92 Å². The zero-order chi connectivity index (χ0) is 22.7. The van der Waals surface area contributed by atoms with Crippen LogP contribution >= 0.6 is 11.3 Å². The second-order valence-electron chi connectivity index (χ2n) is 7.57. The molecule has 1 aromatic heterocycles. The summed E-state index contributed by atoms with van der Waals surface area (Å²) >= 11 is 1.57. The third kappa shape index (κ3) is 5.21. The number of benzene rings is 3. The Morgan fingerprint density at radius 3 is 2.50 bits per heavy atom. The summed E-state index contributed by atoms with van der Waals surface area (Å²) in [5, 5.41) is 11.4. The van der Waals surface area contributed by atoms with Gasteiger partial charge in [0, 0.05) is 17.8 Å². The Kier molecular flexibility index (Phi) is 6.36. The molecule has 0 aliphatic rings. The lowest BCUT2D eigenvalue weighted by Gasteiger charge is -2.06. The van der Waals surface area contributed by atoms with Crippen LogP contribution < -0.4 is 10.5 Å². The number of fused-ring (bicyclic) bond motifs is 1. The Morgan fingerprint density at radius 1 is 1.03 bits per heavy atom. The van der Waals surface area contributed by atoms with Gasteiger partial charge in [0.1, 0.15) is 0 Å². The molecule has 0 aliphatic carbocycles. The normalized spacial score (nSPS) is 11.6. The number of primary sulfonamides is 1. The van der Waals surface area contributed by atoms with Gasteiger partial charge in [0.25, 0.3) is 0 Å². The van der Waals surface area contributed by atoms with E-state index < -0.39 is 10.0 Å². The van der Waals surface area contributed by atoms with Crippen LogP contribution in [-0.4, -0.2) is 19.3 Å². The Labute approximate surface area is 191 Å². The molecule has 8 heteroatoms. The number of carbonyl (C=O) groups excluding carboxylic acids is 1. The first-order valence-electron chi connectivity index (χ1n) is 10.1. The third-order valence-corrected chi connectivity index (χ3v) is 7.31. The maximum atomic E-state index is 12.5. The molecule has 0 fully saturated rings. The molecule has 0 spiro atoms. The van der Waals surface area contributed by atoms with Crippen molar-refractivity contribution >= 4 is 38.0 Å². The van der Waals surface area contributed by atoms with E-state index in [2.05, 4.69) is 40.6 Å². The molecule has 32 heavy (non-hydrogen) atoms. The number of hydrogen-bond acceptors (Lipinski definition) is 5. The molecule has 4 rings (SSSR count). The van der Waals surface area contributed by atoms with Crippen molar-refractivity contribution in [3.63, 3.8) is 0 Å². The number of sulfonamides is 1. The van der Waals surface area contributed by atoms with E-state index in [-0.39, 0.29) is 17.2 Å². The number of nitrogens with two attached hydrogens (primary N) is 1. The standard InChI is InChI=1S/C24H23N3O3S2/c1-16-22(14-23(28)26-15-17-9-11-20(12-10-17)32(25,29)30)31-24(27-16)13-19-7-4-6-18-5-2-3-8-21(18)19/h2-12H,13-15H2,1H3,(H,26,28)(H2,25,29,30). The zero-order valence-corrected chi connectivity index (χ0v) is 19.2. The van der Waals surface area contributed by atoms with E-state index in [9.17, 15) is 13.2 Å². The number of nitrogens with one attached hydrogen (secondary N) is 1. The van der Waals surface area contributed by atoms with Crippen LogP contribution in [0.3, 0.4) is 0 Å². The largest absolute Gasteiger partial charge is 0.352 e. The van der Waals surface area contributed by atoms with Gasteiger partial charge in [0.05, 0.1) is 22.0 Å². The van der Waals surface area contributed by atoms with Crippen molar-refractivity contribution in [1.82, 2.24) is 10.3 Å². The smallest absolute Gasteiger partial charge is 0.238 e. The summed E-state index contributed by atoms with van der Waals surface area (Å²) in [6.07, 6.45) is 0.985. The summed E-state index contributed by atoms with van der Waals surface area (Å²) in [4.78, 5) is 18.1. The van der Waals surface area contributed by atoms with Crippen LogP contribution in [0.15, 0.2) is 71.6 Å². The molecule has 0 bridgehead atoms. The Hall–Kier alpha value is -3.07. The second-order valence-corrected chi connectivity index (χ2v) is 10.3. The lowest BCUT2D eigenvalue weighted by molar-refractivity contribution is -0.120. The molecule has 3 aromatic carbocycles. The van der Waals surface area contributed by atoms with Crippen molar-refractivity contribution in [3.05, 3.63) is 93.4 Å². The van der Waals surface area contributed by atoms with Gasteiger partial charge in [-0.05, 0) is 41.0 Å². The van der Waals surface area contributed by atoms with Crippen LogP contribution in [-0.2, 0) is 34.2 Å². The monoisotopic (exact) mass is 465 g/mol. The molecule has 4 aromatic rings. The first-order chi connectivity index (χ1) is 15.3. The topological polar surface area (TPSA) is 102 Å². The number of aromatic nitrogens is 1. The average molecular weight is 466 g/mol. The van der Waals surface area contributed by atoms with Crippen molar-refractivity contribution < 1.29 is 13.2 Å². The minimum absolute atomic E-state index is 0.0478. The molecule has 0 atom stereocenters. The molecule has 3 N–H and O–H groups in total. The van der Waals surface area contributed by atoms with E-state index in [1.807, 2.05) is 19.1 Å². The molecular weight excluding hydrogens is 442 g/mol. The van der Waals surface area contributed by atoms with Crippen molar-refractivity contribution in [2.75, 3.05) is 0 Å². The van der Waals surface area contributed by atoms with Crippen LogP contribution in [0.4, 0.5) is 0 Å². The predicted octanol–water partition coefficient (Wildman–Crippen LogP) is 3.70. The maximum absolute atomic E-state index is 12.5. The Balaban J connectivity index is 1.39. The quantitative estimate of drug-likeness (QED) is 0.434. The SMILES string of the molecule is Cc1nc(Cc2cccc3ccccc23)sc1CC(=O)NCc1ccc(S(N)(=O)=O)cc1. The van der Waals surface area contributed by atoms with Gasteiger partial charge in [-0.2, -0.15) is 0 Å². The first kappa shape index (κ1) is 22.1. The summed E-state index contributed by atoms with van der Waals surface area (Å²) in [6.45, 7) is 2.24. The van der Waals surface area contributed by atoms with Gasteiger partial charge in [0.2, 0.25) is 15.9 Å². The summed E-state index contributed by atoms with van der Waals surface area (Å²) in [6, 6.07) is 20.7. The molecule has 0 saturated heterocycles. The number of thiazole rings is 1. The maximum Gasteiger partial charge on any atom is 0.238 e. The van der Waals surface area contributed by atoms with Crippen molar-refractivity contribution in [1.29, 1.82) is 0 Å². The second kappa shape index (κ2) is 9.20. The molecule has 0 aliphatic heterocycles. The molecule has 0 unspecified atom stereocenters. The van der Waals surface area contributed by atoms with Crippen molar-refractivity contribution in [2.24, 2.45) is 5.14 Å². The van der Waals surface area contributed by atoms with Gasteiger partial charge in [-0.25, -0.2) is 18.5 Å². The Morgan fingerprint density at radius 2 is 1.75 bits per heavy atom. The van der Waals surface area contributed by atoms with Crippen molar-refractivity contribution in [2.45, 2.75) is 31.2 Å². The number of carbonyl (C=O) groups is 1. The van der Waals surface area contributed by atoms with Gasteiger partial charge >= 0.3 is 0 Å². The fraction of sp³-hybridized carbons (Fsp3) is 0.167. The Bertz CT molecular complexity index is 1370. The molecule has 0 radical (unpaired) electrons. The van der Waals surface area contributed by atoms with Gasteiger partial charge in [-0.1, -0.05) is 54.6 Å². The lowest BCUT2D eigenvalue weighted by Crippen LogP contribution is -2.24. The predicted molar refractivity (Wildman–Crippen MR) is 127 cm³/mol. The van der Waals surface area contributed by atoms with Crippen LogP contribution in [0.2, 0.25) is 0 Å². The highest BCUT2D eigenvalue weighted by molar-refractivity contribution is 7.89. The fourth-order valence-electron chi connectivity index (χ4n) is 3.54. The highest BCUT2D eigenvalue weighted by Gasteiger charge is 2.13. The van der Waals surface area contributed by atoms with Gasteiger partial charge in [0.15, 0.2) is 0 Å². The highest BCUT2D eigenvalue weighted by atomic mass is 32.2. The van der Waals surface area contributed by atoms with Gasteiger partial charge < -0.3 is 5.32 Å². The van der Waals surface area contributed by atoms with Gasteiger partial charge in [-0.3, -0.25) is 4.79 Å². The highest BCUT2D eigenvalue weighted by Crippen LogP contribution is 2.25. The lowest BCUT2D eigenvalue weighted by atomic mass is 10.0. The number of aryl methyl sites for hydroxylation is 1. The van der Waals surface area contributed by atoms with Crippen LogP contribution in [0.25, 0.3) is 10.8 Å². The summed E-state index contributed by atoms with van der Waals surface area (Å²) in [5.74, 6) is -0.107. The van der Waals surface area contributed by atoms with E-state index in [1.54, 1.807) is 23.5 Å². The third-order valence-electron chi connectivity index (χ3n) is 5.22. The fourth-order valence-corrected chi connectivity index (χ4v) is 5.15. The van der Waals surface area contributed by atoms with E-state index in [1.165, 1.54) is 28.5 Å². The van der Waals surface area contributed by atoms with Gasteiger partial charge in [-0.15, -0.1) is 11.3 Å². The molecule has 6 nitrogen and oxygen atoms in total. The molecule has 164 valence electrons. The zero-order valence-electron chi connectivity index (χ0n) is 17.5.